The number of nitrogens with zero attached hydrogens (tertiary/aromatic N) is 2. The maximum absolute atomic E-state index is 13.0. The molecule has 5 nitrogen and oxygen atoms in total. The number of hydrogen-bond acceptors (Lipinski definition) is 3. The minimum atomic E-state index is -0.732. The quantitative estimate of drug-likeness (QED) is 0.902. The van der Waals surface area contributed by atoms with Gasteiger partial charge in [0.25, 0.3) is 5.91 Å². The number of aryl methyl sites for hydroxylation is 1. The van der Waals surface area contributed by atoms with Crippen LogP contribution < -0.4 is 0 Å². The number of carbonyl (C=O) groups is 2. The molecule has 26 heavy (non-hydrogen) atoms. The van der Waals surface area contributed by atoms with Gasteiger partial charge in [0.05, 0.1) is 6.10 Å². The summed E-state index contributed by atoms with van der Waals surface area (Å²) >= 11 is 0. The Morgan fingerprint density at radius 3 is 2.42 bits per heavy atom. The molecule has 1 saturated heterocycles. The molecule has 0 aliphatic carbocycles. The predicted octanol–water partition coefficient (Wildman–Crippen LogP) is 2.33. The van der Waals surface area contributed by atoms with Crippen LogP contribution in [0.5, 0.6) is 0 Å². The van der Waals surface area contributed by atoms with Crippen molar-refractivity contribution in [2.45, 2.75) is 20.0 Å². The Morgan fingerprint density at radius 2 is 1.69 bits per heavy atom. The van der Waals surface area contributed by atoms with Gasteiger partial charge in [-0.3, -0.25) is 9.59 Å². The molecule has 1 heterocycles. The highest BCUT2D eigenvalue weighted by Crippen LogP contribution is 2.24. The average molecular weight is 352 g/mol. The third kappa shape index (κ3) is 3.94. The lowest BCUT2D eigenvalue weighted by molar-refractivity contribution is -0.129. The molecule has 1 fully saturated rings. The van der Waals surface area contributed by atoms with Gasteiger partial charge in [0, 0.05) is 38.7 Å². The van der Waals surface area contributed by atoms with Crippen LogP contribution in [0.3, 0.4) is 0 Å². The zero-order valence-electron chi connectivity index (χ0n) is 15.2. The lowest BCUT2D eigenvalue weighted by atomic mass is 9.98. The Balaban J connectivity index is 1.83. The molecule has 2 aromatic rings. The van der Waals surface area contributed by atoms with Crippen LogP contribution in [0.2, 0.25) is 0 Å². The van der Waals surface area contributed by atoms with Gasteiger partial charge in [0.1, 0.15) is 0 Å². The first-order valence-electron chi connectivity index (χ1n) is 8.84. The maximum atomic E-state index is 13.0. The molecule has 0 unspecified atom stereocenters. The molecule has 136 valence electrons. The third-order valence-corrected chi connectivity index (χ3v) is 4.80. The summed E-state index contributed by atoms with van der Waals surface area (Å²) in [4.78, 5) is 27.8. The van der Waals surface area contributed by atoms with Gasteiger partial charge < -0.3 is 14.9 Å². The lowest BCUT2D eigenvalue weighted by Gasteiger charge is -2.22. The van der Waals surface area contributed by atoms with Crippen LogP contribution in [-0.4, -0.2) is 59.0 Å². The minimum absolute atomic E-state index is 0.0834. The second kappa shape index (κ2) is 7.70. The molecule has 1 aliphatic rings. The summed E-state index contributed by atoms with van der Waals surface area (Å²) in [7, 11) is 0. The Bertz CT molecular complexity index is 818. The Labute approximate surface area is 153 Å². The fraction of sp³-hybridized carbons (Fsp3) is 0.333. The summed E-state index contributed by atoms with van der Waals surface area (Å²) in [5.41, 5.74) is 3.84. The molecule has 1 atom stereocenters. The first kappa shape index (κ1) is 18.1. The molecular formula is C21H24N2O3. The molecule has 1 aliphatic heterocycles. The molecule has 2 amide bonds. The van der Waals surface area contributed by atoms with E-state index < -0.39 is 6.10 Å². The van der Waals surface area contributed by atoms with Crippen molar-refractivity contribution in [2.24, 2.45) is 0 Å². The van der Waals surface area contributed by atoms with Crippen molar-refractivity contribution in [3.63, 3.8) is 0 Å². The summed E-state index contributed by atoms with van der Waals surface area (Å²) < 4.78 is 0. The highest BCUT2D eigenvalue weighted by Gasteiger charge is 2.26. The van der Waals surface area contributed by atoms with Crippen molar-refractivity contribution in [3.8, 4) is 11.1 Å². The Morgan fingerprint density at radius 1 is 1.00 bits per heavy atom. The van der Waals surface area contributed by atoms with Gasteiger partial charge in [-0.1, -0.05) is 36.4 Å². The predicted molar refractivity (Wildman–Crippen MR) is 101 cm³/mol. The highest BCUT2D eigenvalue weighted by molar-refractivity contribution is 5.95. The number of β-amino-alcohol motifs (C(OH)–C–C–N with tert-alkyl or cyclic N) is 1. The van der Waals surface area contributed by atoms with Crippen LogP contribution in [0.15, 0.2) is 48.5 Å². The van der Waals surface area contributed by atoms with E-state index in [1.807, 2.05) is 49.4 Å². The molecule has 3 rings (SSSR count). The number of aliphatic hydroxyl groups is 1. The van der Waals surface area contributed by atoms with Crippen LogP contribution in [0.4, 0.5) is 0 Å². The molecule has 0 spiro atoms. The van der Waals surface area contributed by atoms with Gasteiger partial charge in [-0.15, -0.1) is 0 Å². The average Bonchev–Trinajstić information content (AvgIpc) is 2.83. The van der Waals surface area contributed by atoms with Gasteiger partial charge >= 0.3 is 0 Å². The molecule has 0 saturated carbocycles. The zero-order valence-corrected chi connectivity index (χ0v) is 15.2. The van der Waals surface area contributed by atoms with E-state index in [0.29, 0.717) is 18.7 Å². The number of benzene rings is 2. The summed E-state index contributed by atoms with van der Waals surface area (Å²) in [5, 5.41) is 10.2. The fourth-order valence-corrected chi connectivity index (χ4v) is 3.36. The number of amides is 2. The normalized spacial score (nSPS) is 17.7. The van der Waals surface area contributed by atoms with E-state index in [1.54, 1.807) is 15.9 Å². The van der Waals surface area contributed by atoms with Crippen molar-refractivity contribution in [1.82, 2.24) is 9.80 Å². The van der Waals surface area contributed by atoms with Gasteiger partial charge in [0.2, 0.25) is 5.91 Å². The Hall–Kier alpha value is -2.66. The molecule has 5 heteroatoms. The maximum Gasteiger partial charge on any atom is 0.254 e. The van der Waals surface area contributed by atoms with Gasteiger partial charge in [0.15, 0.2) is 0 Å². The van der Waals surface area contributed by atoms with Crippen molar-refractivity contribution in [2.75, 3.05) is 26.2 Å². The van der Waals surface area contributed by atoms with E-state index in [9.17, 15) is 14.7 Å². The topological polar surface area (TPSA) is 60.9 Å². The molecule has 2 aromatic carbocycles. The largest absolute Gasteiger partial charge is 0.389 e. The summed E-state index contributed by atoms with van der Waals surface area (Å²) in [6, 6.07) is 15.6. The van der Waals surface area contributed by atoms with E-state index >= 15 is 0 Å². The van der Waals surface area contributed by atoms with E-state index in [-0.39, 0.29) is 24.9 Å². The summed E-state index contributed by atoms with van der Waals surface area (Å²) in [6.07, 6.45) is -0.732. The van der Waals surface area contributed by atoms with Crippen LogP contribution >= 0.6 is 0 Å². The summed E-state index contributed by atoms with van der Waals surface area (Å²) in [6.45, 7) is 4.89. The third-order valence-electron chi connectivity index (χ3n) is 4.80. The monoisotopic (exact) mass is 352 g/mol. The van der Waals surface area contributed by atoms with Gasteiger partial charge in [-0.05, 0) is 35.7 Å². The van der Waals surface area contributed by atoms with Crippen LogP contribution in [0.25, 0.3) is 11.1 Å². The number of carbonyl (C=O) groups excluding carboxylic acids is 2. The van der Waals surface area contributed by atoms with Gasteiger partial charge in [-0.25, -0.2) is 0 Å². The highest BCUT2D eigenvalue weighted by atomic mass is 16.3. The number of hydrogen-bond donors (Lipinski definition) is 1. The van der Waals surface area contributed by atoms with Gasteiger partial charge in [-0.2, -0.15) is 0 Å². The number of rotatable bonds is 2. The smallest absolute Gasteiger partial charge is 0.254 e. The molecular weight excluding hydrogens is 328 g/mol. The van der Waals surface area contributed by atoms with Crippen molar-refractivity contribution < 1.29 is 14.7 Å². The van der Waals surface area contributed by atoms with Crippen molar-refractivity contribution in [1.29, 1.82) is 0 Å². The van der Waals surface area contributed by atoms with Crippen LogP contribution in [0.1, 0.15) is 22.8 Å². The zero-order chi connectivity index (χ0) is 18.7. The Kier molecular flexibility index (Phi) is 5.38. The molecule has 0 aromatic heterocycles. The van der Waals surface area contributed by atoms with Crippen LogP contribution in [0, 0.1) is 6.92 Å². The molecule has 0 bridgehead atoms. The van der Waals surface area contributed by atoms with E-state index in [1.165, 1.54) is 6.92 Å². The van der Waals surface area contributed by atoms with Crippen molar-refractivity contribution >= 4 is 11.8 Å². The van der Waals surface area contributed by atoms with E-state index in [4.69, 9.17) is 0 Å². The lowest BCUT2D eigenvalue weighted by Crippen LogP contribution is -2.37. The molecule has 0 radical (unpaired) electrons. The minimum Gasteiger partial charge on any atom is -0.389 e. The second-order valence-electron chi connectivity index (χ2n) is 6.77. The number of aliphatic hydroxyl groups excluding tert-OH is 1. The first-order valence-corrected chi connectivity index (χ1v) is 8.84. The summed E-state index contributed by atoms with van der Waals surface area (Å²) in [5.74, 6) is -0.204. The van der Waals surface area contributed by atoms with Crippen molar-refractivity contribution in [3.05, 3.63) is 59.7 Å². The van der Waals surface area contributed by atoms with E-state index in [0.717, 1.165) is 16.7 Å². The van der Waals surface area contributed by atoms with E-state index in [2.05, 4.69) is 0 Å². The standard InChI is InChI=1S/C21H24N2O3/c1-15-6-3-4-9-20(15)17-7-5-8-18(12-17)21(26)23-11-10-22(16(2)24)13-19(25)14-23/h3-9,12,19,25H,10-11,13-14H2,1-2H3/t19-/m1/s1. The second-order valence-corrected chi connectivity index (χ2v) is 6.77. The first-order chi connectivity index (χ1) is 12.5. The molecule has 1 N–H and O–H groups in total. The SMILES string of the molecule is CC(=O)N1CCN(C(=O)c2cccc(-c3ccccc3C)c2)C[C@H](O)C1. The fourth-order valence-electron chi connectivity index (χ4n) is 3.36. The van der Waals surface area contributed by atoms with Crippen LogP contribution in [-0.2, 0) is 4.79 Å².